The Labute approximate surface area is 99.0 Å². The van der Waals surface area contributed by atoms with Crippen molar-refractivity contribution >= 4 is 34.9 Å². The maximum Gasteiger partial charge on any atom is 0.224 e. The minimum atomic E-state index is 0.223. The Morgan fingerprint density at radius 1 is 1.53 bits per heavy atom. The molecule has 4 nitrogen and oxygen atoms in total. The van der Waals surface area contributed by atoms with Crippen molar-refractivity contribution < 1.29 is 0 Å². The molecule has 15 heavy (non-hydrogen) atoms. The fourth-order valence-corrected chi connectivity index (χ4v) is 1.47. The third-order valence-corrected chi connectivity index (χ3v) is 3.21. The van der Waals surface area contributed by atoms with Crippen LogP contribution in [0.2, 0.25) is 5.28 Å². The van der Waals surface area contributed by atoms with Gasteiger partial charge in [-0.1, -0.05) is 6.92 Å². The van der Waals surface area contributed by atoms with Gasteiger partial charge in [-0.2, -0.15) is 16.7 Å². The van der Waals surface area contributed by atoms with Crippen LogP contribution in [0, 0.1) is 6.92 Å². The summed E-state index contributed by atoms with van der Waals surface area (Å²) in [5.41, 5.74) is 7.09. The van der Waals surface area contributed by atoms with E-state index in [1.54, 1.807) is 11.8 Å². The van der Waals surface area contributed by atoms with Crippen LogP contribution in [0.1, 0.15) is 12.6 Å². The maximum atomic E-state index is 5.83. The zero-order valence-electron chi connectivity index (χ0n) is 9.04. The summed E-state index contributed by atoms with van der Waals surface area (Å²) in [4.78, 5) is 8.01. The second-order valence-electron chi connectivity index (χ2n) is 3.27. The molecule has 0 aliphatic carbocycles. The highest BCUT2D eigenvalue weighted by Crippen LogP contribution is 2.20. The van der Waals surface area contributed by atoms with E-state index in [4.69, 9.17) is 17.3 Å². The van der Waals surface area contributed by atoms with E-state index in [0.29, 0.717) is 22.4 Å². The Balaban J connectivity index is 2.76. The van der Waals surface area contributed by atoms with Gasteiger partial charge < -0.3 is 11.1 Å². The number of hydrogen-bond acceptors (Lipinski definition) is 5. The van der Waals surface area contributed by atoms with Gasteiger partial charge in [0.05, 0.1) is 11.4 Å². The van der Waals surface area contributed by atoms with Crippen LogP contribution in [-0.4, -0.2) is 28.0 Å². The SMILES string of the molecule is CSC(C)CNc1nc(Cl)nc(C)c1N. The van der Waals surface area contributed by atoms with E-state index in [1.165, 1.54) is 0 Å². The van der Waals surface area contributed by atoms with Crippen LogP contribution in [-0.2, 0) is 0 Å². The summed E-state index contributed by atoms with van der Waals surface area (Å²) in [6, 6.07) is 0. The van der Waals surface area contributed by atoms with Gasteiger partial charge in [0.2, 0.25) is 5.28 Å². The Hall–Kier alpha value is -0.680. The first kappa shape index (κ1) is 12.4. The number of nitrogens with one attached hydrogen (secondary N) is 1. The molecule has 3 N–H and O–H groups in total. The van der Waals surface area contributed by atoms with Crippen molar-refractivity contribution in [1.29, 1.82) is 0 Å². The van der Waals surface area contributed by atoms with Crippen molar-refractivity contribution in [3.63, 3.8) is 0 Å². The van der Waals surface area contributed by atoms with Gasteiger partial charge in [0, 0.05) is 11.8 Å². The predicted octanol–water partition coefficient (Wildman–Crippen LogP) is 2.18. The number of halogens is 1. The normalized spacial score (nSPS) is 12.5. The molecule has 0 aliphatic heterocycles. The minimum Gasteiger partial charge on any atom is -0.394 e. The van der Waals surface area contributed by atoms with E-state index in [0.717, 1.165) is 6.54 Å². The Morgan fingerprint density at radius 2 is 2.20 bits per heavy atom. The van der Waals surface area contributed by atoms with Crippen molar-refractivity contribution in [2.45, 2.75) is 19.1 Å². The fourth-order valence-electron chi connectivity index (χ4n) is 1.01. The molecule has 0 saturated heterocycles. The lowest BCUT2D eigenvalue weighted by Crippen LogP contribution is -2.15. The first-order valence-corrected chi connectivity index (χ1v) is 6.27. The average molecular weight is 247 g/mol. The Morgan fingerprint density at radius 3 is 2.80 bits per heavy atom. The van der Waals surface area contributed by atoms with Crippen LogP contribution in [0.25, 0.3) is 0 Å². The molecule has 1 atom stereocenters. The van der Waals surface area contributed by atoms with Crippen molar-refractivity contribution in [1.82, 2.24) is 9.97 Å². The van der Waals surface area contributed by atoms with Crippen molar-refractivity contribution in [3.8, 4) is 0 Å². The van der Waals surface area contributed by atoms with Gasteiger partial charge >= 0.3 is 0 Å². The summed E-state index contributed by atoms with van der Waals surface area (Å²) in [5.74, 6) is 0.619. The lowest BCUT2D eigenvalue weighted by molar-refractivity contribution is 0.983. The molecule has 0 aliphatic rings. The van der Waals surface area contributed by atoms with E-state index in [2.05, 4.69) is 28.5 Å². The molecular formula is C9H15ClN4S. The van der Waals surface area contributed by atoms with Crippen molar-refractivity contribution in [2.75, 3.05) is 23.9 Å². The molecule has 0 fully saturated rings. The second-order valence-corrected chi connectivity index (χ2v) is 4.88. The first-order chi connectivity index (χ1) is 7.04. The van der Waals surface area contributed by atoms with Crippen LogP contribution in [0.4, 0.5) is 11.5 Å². The van der Waals surface area contributed by atoms with E-state index < -0.39 is 0 Å². The van der Waals surface area contributed by atoms with Crippen LogP contribution in [0.5, 0.6) is 0 Å². The van der Waals surface area contributed by atoms with Crippen LogP contribution >= 0.6 is 23.4 Å². The molecule has 0 saturated carbocycles. The molecule has 1 unspecified atom stereocenters. The van der Waals surface area contributed by atoms with Gasteiger partial charge in [-0.25, -0.2) is 4.98 Å². The quantitative estimate of drug-likeness (QED) is 0.798. The number of aromatic nitrogens is 2. The number of nitrogen functional groups attached to an aromatic ring is 1. The molecule has 84 valence electrons. The van der Waals surface area contributed by atoms with Gasteiger partial charge in [0.15, 0.2) is 5.82 Å². The van der Waals surface area contributed by atoms with E-state index in [-0.39, 0.29) is 5.28 Å². The third-order valence-electron chi connectivity index (χ3n) is 2.07. The molecule has 0 amide bonds. The topological polar surface area (TPSA) is 63.8 Å². The number of nitrogens with zero attached hydrogens (tertiary/aromatic N) is 2. The molecular weight excluding hydrogens is 232 g/mol. The predicted molar refractivity (Wildman–Crippen MR) is 67.7 cm³/mol. The number of rotatable bonds is 4. The summed E-state index contributed by atoms with van der Waals surface area (Å²) in [7, 11) is 0. The highest BCUT2D eigenvalue weighted by atomic mass is 35.5. The zero-order chi connectivity index (χ0) is 11.4. The first-order valence-electron chi connectivity index (χ1n) is 4.61. The average Bonchev–Trinajstić information content (AvgIpc) is 2.20. The Bertz CT molecular complexity index is 345. The molecule has 6 heteroatoms. The fraction of sp³-hybridized carbons (Fsp3) is 0.556. The molecule has 1 rings (SSSR count). The summed E-state index contributed by atoms with van der Waals surface area (Å²) in [5, 5.41) is 3.89. The molecule has 0 aromatic carbocycles. The highest BCUT2D eigenvalue weighted by molar-refractivity contribution is 7.99. The van der Waals surface area contributed by atoms with Crippen molar-refractivity contribution in [2.24, 2.45) is 0 Å². The standard InChI is InChI=1S/C9H15ClN4S/c1-5(15-3)4-12-8-7(11)6(2)13-9(10)14-8/h5H,4,11H2,1-3H3,(H,12,13,14). The maximum absolute atomic E-state index is 5.83. The van der Waals surface area contributed by atoms with E-state index in [9.17, 15) is 0 Å². The summed E-state index contributed by atoms with van der Waals surface area (Å²) >= 11 is 7.53. The van der Waals surface area contributed by atoms with Gasteiger partial charge in [-0.05, 0) is 24.8 Å². The summed E-state index contributed by atoms with van der Waals surface area (Å²) < 4.78 is 0. The monoisotopic (exact) mass is 246 g/mol. The second kappa shape index (κ2) is 5.42. The molecule has 1 aromatic heterocycles. The molecule has 1 heterocycles. The summed E-state index contributed by atoms with van der Waals surface area (Å²) in [6.45, 7) is 4.74. The molecule has 0 bridgehead atoms. The van der Waals surface area contributed by atoms with Gasteiger partial charge in [-0.15, -0.1) is 0 Å². The molecule has 0 radical (unpaired) electrons. The van der Waals surface area contributed by atoms with Crippen LogP contribution in [0.3, 0.4) is 0 Å². The number of hydrogen-bond donors (Lipinski definition) is 2. The number of anilines is 2. The number of thioether (sulfide) groups is 1. The number of nitrogens with two attached hydrogens (primary N) is 1. The largest absolute Gasteiger partial charge is 0.394 e. The van der Waals surface area contributed by atoms with E-state index >= 15 is 0 Å². The zero-order valence-corrected chi connectivity index (χ0v) is 10.6. The Kier molecular flexibility index (Phi) is 4.47. The third kappa shape index (κ3) is 3.43. The van der Waals surface area contributed by atoms with Gasteiger partial charge in [0.1, 0.15) is 0 Å². The summed E-state index contributed by atoms with van der Waals surface area (Å²) in [6.07, 6.45) is 2.06. The van der Waals surface area contributed by atoms with Crippen LogP contribution < -0.4 is 11.1 Å². The number of aryl methyl sites for hydroxylation is 1. The molecule has 0 spiro atoms. The minimum absolute atomic E-state index is 0.223. The highest BCUT2D eigenvalue weighted by Gasteiger charge is 2.08. The van der Waals surface area contributed by atoms with Crippen molar-refractivity contribution in [3.05, 3.63) is 11.0 Å². The molecule has 1 aromatic rings. The smallest absolute Gasteiger partial charge is 0.224 e. The van der Waals surface area contributed by atoms with Crippen LogP contribution in [0.15, 0.2) is 0 Å². The van der Waals surface area contributed by atoms with E-state index in [1.807, 2.05) is 6.92 Å². The van der Waals surface area contributed by atoms with Gasteiger partial charge in [0.25, 0.3) is 0 Å². The lowest BCUT2D eigenvalue weighted by Gasteiger charge is -2.13. The van der Waals surface area contributed by atoms with Gasteiger partial charge in [-0.3, -0.25) is 0 Å². The lowest BCUT2D eigenvalue weighted by atomic mass is 10.3.